The summed E-state index contributed by atoms with van der Waals surface area (Å²) < 4.78 is 4.54. The standard InChI is InChI=1S/C9H16O2/c1-7(2)5-6-8(3)9(10)11-4/h6-7H,5H2,1-4H3/b8-6+. The molecule has 0 aromatic heterocycles. The molecule has 0 atom stereocenters. The van der Waals surface area contributed by atoms with Gasteiger partial charge in [-0.05, 0) is 19.3 Å². The Labute approximate surface area is 68.2 Å². The van der Waals surface area contributed by atoms with Crippen molar-refractivity contribution in [3.63, 3.8) is 0 Å². The Balaban J connectivity index is 3.90. The number of hydrogen-bond donors (Lipinski definition) is 0. The van der Waals surface area contributed by atoms with Crippen LogP contribution in [0.25, 0.3) is 0 Å². The molecule has 0 fully saturated rings. The van der Waals surface area contributed by atoms with Gasteiger partial charge in [-0.1, -0.05) is 19.9 Å². The van der Waals surface area contributed by atoms with Crippen LogP contribution in [0.1, 0.15) is 27.2 Å². The van der Waals surface area contributed by atoms with Gasteiger partial charge < -0.3 is 4.74 Å². The highest BCUT2D eigenvalue weighted by atomic mass is 16.5. The number of hydrogen-bond acceptors (Lipinski definition) is 2. The fraction of sp³-hybridized carbons (Fsp3) is 0.667. The summed E-state index contributed by atoms with van der Waals surface area (Å²) in [5.74, 6) is 0.361. The van der Waals surface area contributed by atoms with Crippen LogP contribution in [0.2, 0.25) is 0 Å². The van der Waals surface area contributed by atoms with Gasteiger partial charge in [0.25, 0.3) is 0 Å². The summed E-state index contributed by atoms with van der Waals surface area (Å²) >= 11 is 0. The molecule has 0 aliphatic rings. The molecule has 0 rings (SSSR count). The number of carbonyl (C=O) groups excluding carboxylic acids is 1. The van der Waals surface area contributed by atoms with E-state index >= 15 is 0 Å². The lowest BCUT2D eigenvalue weighted by atomic mass is 10.1. The molecule has 0 unspecified atom stereocenters. The van der Waals surface area contributed by atoms with E-state index in [4.69, 9.17) is 0 Å². The second kappa shape index (κ2) is 4.94. The van der Waals surface area contributed by atoms with Crippen LogP contribution in [0.4, 0.5) is 0 Å². The smallest absolute Gasteiger partial charge is 0.333 e. The first-order valence-electron chi connectivity index (χ1n) is 3.83. The fourth-order valence-electron chi connectivity index (χ4n) is 0.657. The number of methoxy groups -OCH3 is 1. The normalized spacial score (nSPS) is 11.9. The van der Waals surface area contributed by atoms with Crippen molar-refractivity contribution >= 4 is 5.97 Å². The Bertz CT molecular complexity index is 157. The van der Waals surface area contributed by atoms with E-state index in [1.807, 2.05) is 6.08 Å². The largest absolute Gasteiger partial charge is 0.466 e. The van der Waals surface area contributed by atoms with Gasteiger partial charge in [0.15, 0.2) is 0 Å². The fourth-order valence-corrected chi connectivity index (χ4v) is 0.657. The molecule has 0 aromatic rings. The average molecular weight is 156 g/mol. The summed E-state index contributed by atoms with van der Waals surface area (Å²) in [6.45, 7) is 6.00. The Morgan fingerprint density at radius 3 is 2.45 bits per heavy atom. The van der Waals surface area contributed by atoms with E-state index in [2.05, 4.69) is 18.6 Å². The molecule has 0 aliphatic heterocycles. The van der Waals surface area contributed by atoms with Crippen LogP contribution in [0.3, 0.4) is 0 Å². The average Bonchev–Trinajstić information content (AvgIpc) is 1.98. The van der Waals surface area contributed by atoms with Crippen molar-refractivity contribution in [3.8, 4) is 0 Å². The van der Waals surface area contributed by atoms with E-state index in [0.717, 1.165) is 6.42 Å². The highest BCUT2D eigenvalue weighted by Crippen LogP contribution is 2.04. The van der Waals surface area contributed by atoms with Crippen molar-refractivity contribution in [2.45, 2.75) is 27.2 Å². The van der Waals surface area contributed by atoms with Crippen LogP contribution in [0.15, 0.2) is 11.6 Å². The van der Waals surface area contributed by atoms with E-state index in [1.54, 1.807) is 6.92 Å². The summed E-state index contributed by atoms with van der Waals surface area (Å²) in [6.07, 6.45) is 2.84. The van der Waals surface area contributed by atoms with E-state index in [0.29, 0.717) is 11.5 Å². The van der Waals surface area contributed by atoms with Crippen LogP contribution >= 0.6 is 0 Å². The van der Waals surface area contributed by atoms with E-state index < -0.39 is 0 Å². The van der Waals surface area contributed by atoms with Gasteiger partial charge in [0.2, 0.25) is 0 Å². The van der Waals surface area contributed by atoms with Crippen molar-refractivity contribution < 1.29 is 9.53 Å². The van der Waals surface area contributed by atoms with Gasteiger partial charge in [0.1, 0.15) is 0 Å². The quantitative estimate of drug-likeness (QED) is 0.462. The minimum atomic E-state index is -0.231. The third-order valence-corrected chi connectivity index (χ3v) is 1.40. The minimum absolute atomic E-state index is 0.231. The topological polar surface area (TPSA) is 26.3 Å². The molecule has 0 N–H and O–H groups in total. The van der Waals surface area contributed by atoms with Crippen LogP contribution in [0.5, 0.6) is 0 Å². The van der Waals surface area contributed by atoms with Crippen molar-refractivity contribution in [2.24, 2.45) is 5.92 Å². The number of esters is 1. The van der Waals surface area contributed by atoms with Crippen molar-refractivity contribution in [2.75, 3.05) is 7.11 Å². The zero-order valence-corrected chi connectivity index (χ0v) is 7.68. The molecule has 0 bridgehead atoms. The lowest BCUT2D eigenvalue weighted by Gasteiger charge is -2.00. The monoisotopic (exact) mass is 156 g/mol. The SMILES string of the molecule is COC(=O)/C(C)=C/CC(C)C. The zero-order valence-electron chi connectivity index (χ0n) is 7.68. The van der Waals surface area contributed by atoms with Crippen LogP contribution in [-0.2, 0) is 9.53 Å². The predicted octanol–water partition coefficient (Wildman–Crippen LogP) is 2.15. The molecule has 0 spiro atoms. The first kappa shape index (κ1) is 10.2. The molecule has 0 amide bonds. The van der Waals surface area contributed by atoms with Gasteiger partial charge in [-0.25, -0.2) is 4.79 Å². The highest BCUT2D eigenvalue weighted by Gasteiger charge is 2.01. The van der Waals surface area contributed by atoms with Crippen molar-refractivity contribution in [1.82, 2.24) is 0 Å². The second-order valence-electron chi connectivity index (χ2n) is 3.01. The number of rotatable bonds is 3. The molecule has 0 saturated carbocycles. The minimum Gasteiger partial charge on any atom is -0.466 e. The maximum Gasteiger partial charge on any atom is 0.333 e. The van der Waals surface area contributed by atoms with E-state index in [-0.39, 0.29) is 5.97 Å². The predicted molar refractivity (Wildman–Crippen MR) is 45.2 cm³/mol. The van der Waals surface area contributed by atoms with Gasteiger partial charge in [-0.3, -0.25) is 0 Å². The zero-order chi connectivity index (χ0) is 8.85. The van der Waals surface area contributed by atoms with Crippen LogP contribution < -0.4 is 0 Å². The van der Waals surface area contributed by atoms with Gasteiger partial charge in [0, 0.05) is 5.57 Å². The van der Waals surface area contributed by atoms with Crippen LogP contribution in [0, 0.1) is 5.92 Å². The maximum atomic E-state index is 10.8. The molecular weight excluding hydrogens is 140 g/mol. The molecule has 2 nitrogen and oxygen atoms in total. The molecule has 64 valence electrons. The molecule has 0 heterocycles. The Kier molecular flexibility index (Phi) is 4.59. The molecule has 0 aromatic carbocycles. The molecule has 0 saturated heterocycles. The van der Waals surface area contributed by atoms with Gasteiger partial charge >= 0.3 is 5.97 Å². The summed E-state index contributed by atoms with van der Waals surface area (Å²) in [5, 5.41) is 0. The van der Waals surface area contributed by atoms with Crippen molar-refractivity contribution in [3.05, 3.63) is 11.6 Å². The molecule has 2 heteroatoms. The Morgan fingerprint density at radius 1 is 1.55 bits per heavy atom. The Hall–Kier alpha value is -0.790. The first-order valence-corrected chi connectivity index (χ1v) is 3.83. The molecule has 11 heavy (non-hydrogen) atoms. The lowest BCUT2D eigenvalue weighted by molar-refractivity contribution is -0.136. The van der Waals surface area contributed by atoms with E-state index in [9.17, 15) is 4.79 Å². The van der Waals surface area contributed by atoms with Crippen LogP contribution in [-0.4, -0.2) is 13.1 Å². The third-order valence-electron chi connectivity index (χ3n) is 1.40. The number of allylic oxidation sites excluding steroid dienone is 1. The molecule has 0 radical (unpaired) electrons. The summed E-state index contributed by atoms with van der Waals surface area (Å²) in [6, 6.07) is 0. The summed E-state index contributed by atoms with van der Waals surface area (Å²) in [5.41, 5.74) is 0.696. The lowest BCUT2D eigenvalue weighted by Crippen LogP contribution is -2.01. The van der Waals surface area contributed by atoms with Crippen molar-refractivity contribution in [1.29, 1.82) is 0 Å². The molecular formula is C9H16O2. The highest BCUT2D eigenvalue weighted by molar-refractivity contribution is 5.87. The third kappa shape index (κ3) is 4.59. The molecule has 0 aliphatic carbocycles. The van der Waals surface area contributed by atoms with Gasteiger partial charge in [0.05, 0.1) is 7.11 Å². The summed E-state index contributed by atoms with van der Waals surface area (Å²) in [4.78, 5) is 10.8. The first-order chi connectivity index (χ1) is 5.07. The second-order valence-corrected chi connectivity index (χ2v) is 3.01. The summed E-state index contributed by atoms with van der Waals surface area (Å²) in [7, 11) is 1.40. The van der Waals surface area contributed by atoms with Gasteiger partial charge in [-0.2, -0.15) is 0 Å². The number of ether oxygens (including phenoxy) is 1. The van der Waals surface area contributed by atoms with Gasteiger partial charge in [-0.15, -0.1) is 0 Å². The van der Waals surface area contributed by atoms with E-state index in [1.165, 1.54) is 7.11 Å². The maximum absolute atomic E-state index is 10.8. The number of carbonyl (C=O) groups is 1. The Morgan fingerprint density at radius 2 is 2.09 bits per heavy atom.